The summed E-state index contributed by atoms with van der Waals surface area (Å²) < 4.78 is 52.8. The van der Waals surface area contributed by atoms with Crippen molar-refractivity contribution in [2.75, 3.05) is 38.8 Å². The Morgan fingerprint density at radius 3 is 1.89 bits per heavy atom. The average Bonchev–Trinajstić information content (AvgIpc) is 2.51. The van der Waals surface area contributed by atoms with Crippen LogP contribution < -0.4 is 5.73 Å². The van der Waals surface area contributed by atoms with Gasteiger partial charge < -0.3 is 19.9 Å². The number of hydrogen-bond acceptors (Lipinski definition) is 5. The number of hydrogen-bond donors (Lipinski definition) is 1. The second kappa shape index (κ2) is 9.41. The molecule has 1 atom stereocenters. The molecular formula is C19H28F3NO4. The van der Waals surface area contributed by atoms with Crippen LogP contribution >= 0.6 is 0 Å². The van der Waals surface area contributed by atoms with Gasteiger partial charge in [0.2, 0.25) is 0 Å². The third-order valence-electron chi connectivity index (χ3n) is 3.40. The quantitative estimate of drug-likeness (QED) is 0.507. The van der Waals surface area contributed by atoms with Crippen LogP contribution in [0.25, 0.3) is 0 Å². The van der Waals surface area contributed by atoms with Crippen molar-refractivity contribution in [2.24, 2.45) is 10.8 Å². The Balaban J connectivity index is 2.67. The van der Waals surface area contributed by atoms with Crippen LogP contribution in [0.3, 0.4) is 0 Å². The lowest BCUT2D eigenvalue weighted by molar-refractivity contribution is -0.185. The van der Waals surface area contributed by atoms with Gasteiger partial charge >= 0.3 is 12.1 Å². The molecule has 0 bridgehead atoms. The number of benzene rings is 1. The van der Waals surface area contributed by atoms with Crippen molar-refractivity contribution in [3.05, 3.63) is 29.8 Å². The van der Waals surface area contributed by atoms with Crippen LogP contribution in [0.5, 0.6) is 0 Å². The molecule has 0 fully saturated rings. The van der Waals surface area contributed by atoms with Crippen LogP contribution in [0.1, 0.15) is 38.1 Å². The minimum absolute atomic E-state index is 0.0944. The van der Waals surface area contributed by atoms with Crippen LogP contribution in [-0.4, -0.2) is 45.2 Å². The van der Waals surface area contributed by atoms with Gasteiger partial charge in [0, 0.05) is 11.1 Å². The summed E-state index contributed by atoms with van der Waals surface area (Å²) >= 11 is 0. The highest BCUT2D eigenvalue weighted by Gasteiger charge is 2.33. The summed E-state index contributed by atoms with van der Waals surface area (Å²) in [5, 5.41) is 0. The van der Waals surface area contributed by atoms with Crippen molar-refractivity contribution in [1.29, 1.82) is 0 Å². The molecule has 27 heavy (non-hydrogen) atoms. The molecule has 0 spiro atoms. The number of nitrogens with two attached hydrogens (primary N) is 1. The van der Waals surface area contributed by atoms with Gasteiger partial charge in [-0.3, -0.25) is 0 Å². The van der Waals surface area contributed by atoms with E-state index in [0.717, 1.165) is 0 Å². The predicted octanol–water partition coefficient (Wildman–Crippen LogP) is 4.07. The van der Waals surface area contributed by atoms with Crippen molar-refractivity contribution in [3.8, 4) is 0 Å². The van der Waals surface area contributed by atoms with Gasteiger partial charge in [-0.25, -0.2) is 4.79 Å². The fourth-order valence-electron chi connectivity index (χ4n) is 2.08. The number of alkyl halides is 3. The Kier molecular flexibility index (Phi) is 8.10. The first-order valence-electron chi connectivity index (χ1n) is 8.55. The Hall–Kier alpha value is -1.80. The molecule has 0 radical (unpaired) electrons. The zero-order valence-electron chi connectivity index (χ0n) is 16.2. The van der Waals surface area contributed by atoms with Gasteiger partial charge in [0.25, 0.3) is 0 Å². The number of rotatable bonds is 9. The zero-order valence-corrected chi connectivity index (χ0v) is 16.2. The molecule has 0 aromatic heterocycles. The summed E-state index contributed by atoms with van der Waals surface area (Å²) in [5.74, 6) is -0.590. The van der Waals surface area contributed by atoms with E-state index in [9.17, 15) is 18.0 Å². The maximum atomic E-state index is 12.4. The summed E-state index contributed by atoms with van der Waals surface area (Å²) in [4.78, 5) is 12.1. The van der Waals surface area contributed by atoms with Gasteiger partial charge in [0.05, 0.1) is 25.4 Å². The first-order chi connectivity index (χ1) is 12.3. The van der Waals surface area contributed by atoms with Crippen molar-refractivity contribution < 1.29 is 32.2 Å². The van der Waals surface area contributed by atoms with Crippen LogP contribution in [0.15, 0.2) is 24.3 Å². The van der Waals surface area contributed by atoms with Gasteiger partial charge in [0.1, 0.15) is 13.2 Å². The van der Waals surface area contributed by atoms with Gasteiger partial charge in [-0.1, -0.05) is 27.7 Å². The number of nitrogen functional groups attached to an aromatic ring is 1. The lowest BCUT2D eigenvalue weighted by Gasteiger charge is -2.30. The lowest BCUT2D eigenvalue weighted by Crippen LogP contribution is -2.37. The number of carbonyl (C=O) groups is 1. The molecule has 154 valence electrons. The largest absolute Gasteiger partial charge is 0.461 e. The van der Waals surface area contributed by atoms with Gasteiger partial charge in [0.15, 0.2) is 0 Å². The molecule has 8 heteroatoms. The van der Waals surface area contributed by atoms with E-state index < -0.39 is 24.2 Å². The zero-order chi connectivity index (χ0) is 20.7. The number of esters is 1. The number of ether oxygens (including phenoxy) is 3. The van der Waals surface area contributed by atoms with Gasteiger partial charge in [-0.2, -0.15) is 13.2 Å². The van der Waals surface area contributed by atoms with Crippen LogP contribution in [0.4, 0.5) is 18.9 Å². The SMILES string of the molecule is CC(C)(C)COCC(C)(COCC(F)(F)F)COC(=O)c1ccc(N)cc1. The van der Waals surface area contributed by atoms with E-state index in [1.807, 2.05) is 20.8 Å². The van der Waals surface area contributed by atoms with Crippen molar-refractivity contribution >= 4 is 11.7 Å². The maximum Gasteiger partial charge on any atom is 0.411 e. The molecule has 0 saturated heterocycles. The molecule has 0 aliphatic heterocycles. The van der Waals surface area contributed by atoms with Crippen molar-refractivity contribution in [2.45, 2.75) is 33.9 Å². The first kappa shape index (κ1) is 23.2. The molecule has 5 nitrogen and oxygen atoms in total. The monoisotopic (exact) mass is 391 g/mol. The lowest BCUT2D eigenvalue weighted by atomic mass is 9.93. The van der Waals surface area contributed by atoms with Crippen LogP contribution in [0, 0.1) is 10.8 Å². The van der Waals surface area contributed by atoms with Crippen molar-refractivity contribution in [1.82, 2.24) is 0 Å². The number of halogens is 3. The minimum atomic E-state index is -4.42. The summed E-state index contributed by atoms with van der Waals surface area (Å²) in [7, 11) is 0. The van der Waals surface area contributed by atoms with E-state index in [1.165, 1.54) is 12.1 Å². The normalized spacial score (nSPS) is 14.6. The molecule has 0 aliphatic rings. The maximum absolute atomic E-state index is 12.4. The summed E-state index contributed by atoms with van der Waals surface area (Å²) in [6.07, 6.45) is -4.42. The van der Waals surface area contributed by atoms with Crippen LogP contribution in [-0.2, 0) is 14.2 Å². The van der Waals surface area contributed by atoms with Crippen molar-refractivity contribution in [3.63, 3.8) is 0 Å². The van der Waals surface area contributed by atoms with E-state index in [0.29, 0.717) is 17.9 Å². The molecule has 1 rings (SSSR count). The van der Waals surface area contributed by atoms with E-state index in [4.69, 9.17) is 19.9 Å². The molecule has 0 heterocycles. The molecule has 1 unspecified atom stereocenters. The average molecular weight is 391 g/mol. The fraction of sp³-hybridized carbons (Fsp3) is 0.632. The molecule has 0 amide bonds. The Labute approximate surface area is 158 Å². The second-order valence-electron chi connectivity index (χ2n) is 8.17. The highest BCUT2D eigenvalue weighted by molar-refractivity contribution is 5.89. The third kappa shape index (κ3) is 10.2. The molecule has 1 aromatic carbocycles. The summed E-state index contributed by atoms with van der Waals surface area (Å²) in [6.45, 7) is 6.33. The smallest absolute Gasteiger partial charge is 0.411 e. The molecule has 1 aromatic rings. The highest BCUT2D eigenvalue weighted by atomic mass is 19.4. The molecule has 2 N–H and O–H groups in total. The standard InChI is InChI=1S/C19H28F3NO4/c1-17(2,3)9-25-10-18(4,11-26-13-19(20,21)22)12-27-16(24)14-5-7-15(23)8-6-14/h5-8H,9-13,23H2,1-4H3. The van der Waals surface area contributed by atoms with Crippen LogP contribution in [0.2, 0.25) is 0 Å². The third-order valence-corrected chi connectivity index (χ3v) is 3.40. The Morgan fingerprint density at radius 1 is 0.889 bits per heavy atom. The van der Waals surface area contributed by atoms with Gasteiger partial charge in [-0.15, -0.1) is 0 Å². The summed E-state index contributed by atoms with van der Waals surface area (Å²) in [5.41, 5.74) is 5.36. The summed E-state index contributed by atoms with van der Waals surface area (Å²) in [6, 6.07) is 6.17. The topological polar surface area (TPSA) is 70.8 Å². The Morgan fingerprint density at radius 2 is 1.41 bits per heavy atom. The number of anilines is 1. The van der Waals surface area contributed by atoms with E-state index in [-0.39, 0.29) is 25.2 Å². The van der Waals surface area contributed by atoms with E-state index in [1.54, 1.807) is 19.1 Å². The fourth-order valence-corrected chi connectivity index (χ4v) is 2.08. The molecular weight excluding hydrogens is 363 g/mol. The second-order valence-corrected chi connectivity index (χ2v) is 8.17. The van der Waals surface area contributed by atoms with E-state index in [2.05, 4.69) is 0 Å². The number of carbonyl (C=O) groups excluding carboxylic acids is 1. The highest BCUT2D eigenvalue weighted by Crippen LogP contribution is 2.23. The Bertz CT molecular complexity index is 574. The van der Waals surface area contributed by atoms with Gasteiger partial charge in [-0.05, 0) is 29.7 Å². The van der Waals surface area contributed by atoms with E-state index >= 15 is 0 Å². The predicted molar refractivity (Wildman–Crippen MR) is 96.4 cm³/mol. The molecule has 0 aliphatic carbocycles. The first-order valence-corrected chi connectivity index (χ1v) is 8.55. The minimum Gasteiger partial charge on any atom is -0.461 e. The molecule has 0 saturated carbocycles.